The topological polar surface area (TPSA) is 125 Å². The van der Waals surface area contributed by atoms with E-state index in [-0.39, 0.29) is 15.6 Å². The Morgan fingerprint density at radius 3 is 2.79 bits per heavy atom. The molecule has 0 unspecified atom stereocenters. The lowest BCUT2D eigenvalue weighted by Crippen LogP contribution is -2.11. The summed E-state index contributed by atoms with van der Waals surface area (Å²) in [5.41, 5.74) is 1.06. The largest absolute Gasteiger partial charge is 0.495 e. The SMILES string of the molecule is COc1ccc(-c2nn3c(C)nnc3s2)cc1NC(=O)c1sc2c([N+](=O)[O-])cccc2c1Cl. The van der Waals surface area contributed by atoms with Gasteiger partial charge in [-0.25, -0.2) is 0 Å². The minimum absolute atomic E-state index is 0.100. The van der Waals surface area contributed by atoms with Gasteiger partial charge >= 0.3 is 0 Å². The number of nitro benzene ring substituents is 1. The number of non-ortho nitro benzene ring substituents is 1. The fourth-order valence-electron chi connectivity index (χ4n) is 3.31. The lowest BCUT2D eigenvalue weighted by atomic mass is 10.2. The molecule has 0 bridgehead atoms. The number of halogens is 1. The summed E-state index contributed by atoms with van der Waals surface area (Å²) in [5.74, 6) is 0.609. The van der Waals surface area contributed by atoms with Crippen molar-refractivity contribution in [2.75, 3.05) is 12.4 Å². The molecule has 13 heteroatoms. The summed E-state index contributed by atoms with van der Waals surface area (Å²) in [6, 6.07) is 9.85. The number of fused-ring (bicyclic) bond motifs is 2. The van der Waals surface area contributed by atoms with E-state index >= 15 is 0 Å². The van der Waals surface area contributed by atoms with Crippen LogP contribution in [-0.4, -0.2) is 37.8 Å². The van der Waals surface area contributed by atoms with Gasteiger partial charge in [-0.05, 0) is 25.1 Å². The Kier molecular flexibility index (Phi) is 5.19. The van der Waals surface area contributed by atoms with Gasteiger partial charge in [0.25, 0.3) is 11.6 Å². The third-order valence-electron chi connectivity index (χ3n) is 4.88. The maximum Gasteiger partial charge on any atom is 0.287 e. The third kappa shape index (κ3) is 3.57. The highest BCUT2D eigenvalue weighted by Gasteiger charge is 2.24. The van der Waals surface area contributed by atoms with Crippen LogP contribution in [0.15, 0.2) is 36.4 Å². The van der Waals surface area contributed by atoms with Crippen LogP contribution < -0.4 is 10.1 Å². The van der Waals surface area contributed by atoms with Gasteiger partial charge in [0.1, 0.15) is 20.3 Å². The Morgan fingerprint density at radius 2 is 2.06 bits per heavy atom. The van der Waals surface area contributed by atoms with Crippen LogP contribution in [-0.2, 0) is 0 Å². The van der Waals surface area contributed by atoms with Crippen LogP contribution in [0, 0.1) is 17.0 Å². The number of thiophene rings is 1. The number of rotatable bonds is 5. The molecule has 1 amide bonds. The van der Waals surface area contributed by atoms with Gasteiger partial charge in [0, 0.05) is 17.0 Å². The third-order valence-corrected chi connectivity index (χ3v) is 7.56. The predicted molar refractivity (Wildman–Crippen MR) is 127 cm³/mol. The van der Waals surface area contributed by atoms with Crippen LogP contribution in [0.4, 0.5) is 11.4 Å². The smallest absolute Gasteiger partial charge is 0.287 e. The number of benzene rings is 2. The van der Waals surface area contributed by atoms with Gasteiger partial charge in [-0.2, -0.15) is 9.61 Å². The number of aromatic nitrogens is 4. The van der Waals surface area contributed by atoms with Crippen molar-refractivity contribution in [3.8, 4) is 16.3 Å². The molecular weight excluding hydrogens is 488 g/mol. The summed E-state index contributed by atoms with van der Waals surface area (Å²) in [4.78, 5) is 24.8. The quantitative estimate of drug-likeness (QED) is 0.260. The van der Waals surface area contributed by atoms with E-state index in [0.717, 1.165) is 16.9 Å². The molecule has 0 aliphatic rings. The molecular formula is C20H13ClN6O4S2. The fraction of sp³-hybridized carbons (Fsp3) is 0.100. The van der Waals surface area contributed by atoms with Crippen molar-refractivity contribution < 1.29 is 14.5 Å². The first-order chi connectivity index (χ1) is 15.9. The minimum atomic E-state index is -0.500. The van der Waals surface area contributed by atoms with E-state index < -0.39 is 10.8 Å². The Labute approximate surface area is 198 Å². The zero-order valence-corrected chi connectivity index (χ0v) is 19.4. The molecule has 5 aromatic rings. The van der Waals surface area contributed by atoms with Crippen LogP contribution in [0.3, 0.4) is 0 Å². The van der Waals surface area contributed by atoms with Gasteiger partial charge in [-0.1, -0.05) is 35.1 Å². The number of hydrogen-bond acceptors (Lipinski definition) is 9. The number of nitro groups is 1. The maximum absolute atomic E-state index is 13.1. The molecule has 0 saturated heterocycles. The predicted octanol–water partition coefficient (Wildman–Crippen LogP) is 5.20. The molecule has 0 aliphatic heterocycles. The number of ether oxygens (including phenoxy) is 1. The second kappa shape index (κ2) is 8.06. The summed E-state index contributed by atoms with van der Waals surface area (Å²) in [6.07, 6.45) is 0. The molecule has 0 radical (unpaired) electrons. The van der Waals surface area contributed by atoms with Crippen molar-refractivity contribution in [3.63, 3.8) is 0 Å². The molecule has 166 valence electrons. The number of hydrogen-bond donors (Lipinski definition) is 1. The normalized spacial score (nSPS) is 11.2. The van der Waals surface area contributed by atoms with Gasteiger partial charge in [-0.3, -0.25) is 14.9 Å². The van der Waals surface area contributed by atoms with Gasteiger partial charge in [0.05, 0.1) is 22.7 Å². The average molecular weight is 501 g/mol. The minimum Gasteiger partial charge on any atom is -0.495 e. The first kappa shape index (κ1) is 21.2. The highest BCUT2D eigenvalue weighted by molar-refractivity contribution is 7.22. The fourth-order valence-corrected chi connectivity index (χ4v) is 5.68. The molecule has 33 heavy (non-hydrogen) atoms. The molecule has 0 aliphatic carbocycles. The van der Waals surface area contributed by atoms with Crippen LogP contribution in [0.5, 0.6) is 5.75 Å². The van der Waals surface area contributed by atoms with Crippen molar-refractivity contribution in [2.24, 2.45) is 0 Å². The Morgan fingerprint density at radius 1 is 1.24 bits per heavy atom. The highest BCUT2D eigenvalue weighted by atomic mass is 35.5. The number of amides is 1. The van der Waals surface area contributed by atoms with Crippen LogP contribution >= 0.6 is 34.3 Å². The average Bonchev–Trinajstić information content (AvgIpc) is 3.48. The van der Waals surface area contributed by atoms with Crippen molar-refractivity contribution in [1.29, 1.82) is 0 Å². The molecule has 5 rings (SSSR count). The lowest BCUT2D eigenvalue weighted by molar-refractivity contribution is -0.382. The molecule has 0 fully saturated rings. The van der Waals surface area contributed by atoms with E-state index in [9.17, 15) is 14.9 Å². The van der Waals surface area contributed by atoms with Crippen LogP contribution in [0.2, 0.25) is 5.02 Å². The monoisotopic (exact) mass is 500 g/mol. The van der Waals surface area contributed by atoms with Crippen molar-refractivity contribution in [2.45, 2.75) is 6.92 Å². The molecule has 3 heterocycles. The van der Waals surface area contributed by atoms with Crippen molar-refractivity contribution >= 4 is 66.6 Å². The lowest BCUT2D eigenvalue weighted by Gasteiger charge is -2.11. The summed E-state index contributed by atoms with van der Waals surface area (Å²) in [6.45, 7) is 1.81. The number of nitrogens with zero attached hydrogens (tertiary/aromatic N) is 5. The summed E-state index contributed by atoms with van der Waals surface area (Å²) < 4.78 is 7.38. The van der Waals surface area contributed by atoms with Crippen molar-refractivity contribution in [1.82, 2.24) is 19.8 Å². The summed E-state index contributed by atoms with van der Waals surface area (Å²) in [7, 11) is 1.49. The molecule has 0 saturated carbocycles. The van der Waals surface area contributed by atoms with Crippen LogP contribution in [0.1, 0.15) is 15.5 Å². The number of carbonyl (C=O) groups excluding carboxylic acids is 1. The molecule has 1 N–H and O–H groups in total. The summed E-state index contributed by atoms with van der Waals surface area (Å²) >= 11 is 8.75. The first-order valence-electron chi connectivity index (χ1n) is 9.41. The molecule has 0 spiro atoms. The molecule has 2 aromatic carbocycles. The molecule has 10 nitrogen and oxygen atoms in total. The highest BCUT2D eigenvalue weighted by Crippen LogP contribution is 2.41. The maximum atomic E-state index is 13.1. The summed E-state index contributed by atoms with van der Waals surface area (Å²) in [5, 5.41) is 28.0. The molecule has 0 atom stereocenters. The number of methoxy groups -OCH3 is 1. The van der Waals surface area contributed by atoms with Gasteiger partial charge < -0.3 is 10.1 Å². The second-order valence-electron chi connectivity index (χ2n) is 6.87. The van der Waals surface area contributed by atoms with Gasteiger partial charge in [0.2, 0.25) is 4.96 Å². The zero-order chi connectivity index (χ0) is 23.3. The van der Waals surface area contributed by atoms with E-state index in [1.807, 2.05) is 13.0 Å². The van der Waals surface area contributed by atoms with Crippen LogP contribution in [0.25, 0.3) is 25.6 Å². The van der Waals surface area contributed by atoms with Crippen molar-refractivity contribution in [3.05, 3.63) is 62.2 Å². The standard InChI is InChI=1S/C20H13ClN6O4S2/c1-9-23-24-20-26(9)25-19(33-20)10-6-7-14(31-2)12(8-10)22-18(28)17-15(21)11-4-3-5-13(27(29)30)16(11)32-17/h3-8H,1-2H3,(H,22,28). The Bertz CT molecular complexity index is 1570. The number of anilines is 1. The number of nitrogens with one attached hydrogen (secondary N) is 1. The zero-order valence-electron chi connectivity index (χ0n) is 17.0. The van der Waals surface area contributed by atoms with E-state index in [4.69, 9.17) is 16.3 Å². The molecule has 3 aromatic heterocycles. The van der Waals surface area contributed by atoms with E-state index in [0.29, 0.717) is 37.3 Å². The van der Waals surface area contributed by atoms with E-state index in [1.54, 1.807) is 22.7 Å². The first-order valence-corrected chi connectivity index (χ1v) is 11.4. The Balaban J connectivity index is 1.53. The Hall–Kier alpha value is -3.61. The van der Waals surface area contributed by atoms with Gasteiger partial charge in [0.15, 0.2) is 5.82 Å². The number of carbonyl (C=O) groups is 1. The van der Waals surface area contributed by atoms with E-state index in [1.165, 1.54) is 30.6 Å². The van der Waals surface area contributed by atoms with Gasteiger partial charge in [-0.15, -0.1) is 21.5 Å². The second-order valence-corrected chi connectivity index (χ2v) is 9.23. The van der Waals surface area contributed by atoms with E-state index in [2.05, 4.69) is 20.6 Å². The number of aryl methyl sites for hydroxylation is 1.